The summed E-state index contributed by atoms with van der Waals surface area (Å²) in [7, 11) is 1.38. The van der Waals surface area contributed by atoms with Crippen molar-refractivity contribution in [2.24, 2.45) is 0 Å². The third-order valence-corrected chi connectivity index (χ3v) is 3.23. The highest BCUT2D eigenvalue weighted by Gasteiger charge is 2.04. The first-order valence-electron chi connectivity index (χ1n) is 6.59. The van der Waals surface area contributed by atoms with Gasteiger partial charge in [0.2, 0.25) is 0 Å². The summed E-state index contributed by atoms with van der Waals surface area (Å²) in [6.07, 6.45) is 2.96. The largest absolute Gasteiger partial charge is 0.469 e. The van der Waals surface area contributed by atoms with E-state index in [-0.39, 0.29) is 11.7 Å². The maximum atomic E-state index is 13.5. The van der Waals surface area contributed by atoms with Crippen LogP contribution in [0.4, 0.5) is 10.1 Å². The van der Waals surface area contributed by atoms with Crippen LogP contribution in [0.1, 0.15) is 25.7 Å². The first kappa shape index (κ1) is 17.7. The molecule has 0 unspecified atom stereocenters. The number of carbonyl (C=O) groups is 1. The third kappa shape index (κ3) is 7.24. The lowest BCUT2D eigenvalue weighted by atomic mass is 10.2. The molecule has 7 heteroatoms. The van der Waals surface area contributed by atoms with Gasteiger partial charge < -0.3 is 15.4 Å². The van der Waals surface area contributed by atoms with Crippen LogP contribution >= 0.6 is 23.8 Å². The van der Waals surface area contributed by atoms with E-state index in [4.69, 9.17) is 23.8 Å². The molecule has 21 heavy (non-hydrogen) atoms. The van der Waals surface area contributed by atoms with Gasteiger partial charge in [0, 0.05) is 18.0 Å². The van der Waals surface area contributed by atoms with Crippen LogP contribution in [-0.4, -0.2) is 24.7 Å². The quantitative estimate of drug-likeness (QED) is 0.454. The van der Waals surface area contributed by atoms with Gasteiger partial charge in [-0.3, -0.25) is 4.79 Å². The molecule has 1 aromatic carbocycles. The van der Waals surface area contributed by atoms with E-state index in [1.165, 1.54) is 19.2 Å². The number of anilines is 1. The van der Waals surface area contributed by atoms with Gasteiger partial charge in [-0.25, -0.2) is 4.39 Å². The molecule has 0 bridgehead atoms. The van der Waals surface area contributed by atoms with Crippen molar-refractivity contribution in [3.8, 4) is 0 Å². The summed E-state index contributed by atoms with van der Waals surface area (Å²) in [4.78, 5) is 10.9. The van der Waals surface area contributed by atoms with E-state index in [1.807, 2.05) is 0 Å². The predicted octanol–water partition coefficient (Wildman–Crippen LogP) is 3.50. The number of unbranched alkanes of at least 4 members (excludes halogenated alkanes) is 2. The molecule has 1 rings (SSSR count). The lowest BCUT2D eigenvalue weighted by molar-refractivity contribution is -0.140. The summed E-state index contributed by atoms with van der Waals surface area (Å²) in [5.74, 6) is -0.650. The van der Waals surface area contributed by atoms with Crippen molar-refractivity contribution < 1.29 is 13.9 Å². The molecule has 0 saturated heterocycles. The second kappa shape index (κ2) is 9.52. The van der Waals surface area contributed by atoms with Gasteiger partial charge >= 0.3 is 5.97 Å². The van der Waals surface area contributed by atoms with E-state index in [0.29, 0.717) is 23.1 Å². The number of hydrogen-bond acceptors (Lipinski definition) is 3. The summed E-state index contributed by atoms with van der Waals surface area (Å²) < 4.78 is 18.1. The van der Waals surface area contributed by atoms with Crippen molar-refractivity contribution >= 4 is 40.6 Å². The molecule has 0 aromatic heterocycles. The Morgan fingerprint density at radius 2 is 2.14 bits per heavy atom. The van der Waals surface area contributed by atoms with Gasteiger partial charge in [0.25, 0.3) is 0 Å². The number of nitrogens with one attached hydrogen (secondary N) is 2. The Balaban J connectivity index is 2.18. The summed E-state index contributed by atoms with van der Waals surface area (Å²) in [6.45, 7) is 0.655. The molecule has 0 aliphatic carbocycles. The first-order valence-corrected chi connectivity index (χ1v) is 7.38. The van der Waals surface area contributed by atoms with Gasteiger partial charge in [-0.15, -0.1) is 0 Å². The van der Waals surface area contributed by atoms with Crippen LogP contribution in [0.15, 0.2) is 18.2 Å². The Labute approximate surface area is 134 Å². The minimum absolute atomic E-state index is 0.196. The fraction of sp³-hybridized carbons (Fsp3) is 0.429. The Kier molecular flexibility index (Phi) is 8.00. The number of ether oxygens (including phenoxy) is 1. The number of rotatable bonds is 7. The molecule has 0 aliphatic rings. The zero-order valence-electron chi connectivity index (χ0n) is 11.7. The molecule has 0 amide bonds. The molecular formula is C14H18ClFN2O2S. The second-order valence-corrected chi connectivity index (χ2v) is 5.24. The van der Waals surface area contributed by atoms with Crippen LogP contribution in [0.2, 0.25) is 5.02 Å². The fourth-order valence-corrected chi connectivity index (χ4v) is 2.00. The van der Waals surface area contributed by atoms with Gasteiger partial charge in [-0.1, -0.05) is 18.0 Å². The van der Waals surface area contributed by atoms with Gasteiger partial charge in [0.15, 0.2) is 5.11 Å². The monoisotopic (exact) mass is 332 g/mol. The Morgan fingerprint density at radius 1 is 1.38 bits per heavy atom. The summed E-state index contributed by atoms with van der Waals surface area (Å²) >= 11 is 10.7. The molecule has 1 aromatic rings. The zero-order chi connectivity index (χ0) is 15.7. The topological polar surface area (TPSA) is 50.4 Å². The smallest absolute Gasteiger partial charge is 0.305 e. The maximum absolute atomic E-state index is 13.5. The average molecular weight is 333 g/mol. The highest BCUT2D eigenvalue weighted by atomic mass is 35.5. The van der Waals surface area contributed by atoms with Crippen LogP contribution in [0.5, 0.6) is 0 Å². The van der Waals surface area contributed by atoms with Gasteiger partial charge in [0.05, 0.1) is 12.8 Å². The van der Waals surface area contributed by atoms with E-state index in [0.717, 1.165) is 19.3 Å². The van der Waals surface area contributed by atoms with Crippen molar-refractivity contribution in [3.63, 3.8) is 0 Å². The van der Waals surface area contributed by atoms with Crippen LogP contribution in [-0.2, 0) is 9.53 Å². The normalized spacial score (nSPS) is 10.0. The number of halogens is 2. The molecular weight excluding hydrogens is 315 g/mol. The van der Waals surface area contributed by atoms with Gasteiger partial charge in [0.1, 0.15) is 5.82 Å². The number of carbonyl (C=O) groups excluding carboxylic acids is 1. The van der Waals surface area contributed by atoms with Gasteiger partial charge in [-0.05, 0) is 43.3 Å². The fourth-order valence-electron chi connectivity index (χ4n) is 1.63. The molecule has 4 nitrogen and oxygen atoms in total. The molecule has 2 N–H and O–H groups in total. The Bertz CT molecular complexity index is 500. The summed E-state index contributed by atoms with van der Waals surface area (Å²) in [5, 5.41) is 6.43. The Morgan fingerprint density at radius 3 is 2.81 bits per heavy atom. The van der Waals surface area contributed by atoms with Crippen LogP contribution in [0, 0.1) is 5.82 Å². The standard InChI is InChI=1S/C14H18ClFN2O2S/c1-20-13(19)5-3-2-4-8-17-14(21)18-12-7-6-10(15)9-11(12)16/h6-7,9H,2-5,8H2,1H3,(H2,17,18,21). The van der Waals surface area contributed by atoms with Crippen LogP contribution < -0.4 is 10.6 Å². The highest BCUT2D eigenvalue weighted by Crippen LogP contribution is 2.18. The van der Waals surface area contributed by atoms with Crippen LogP contribution in [0.25, 0.3) is 0 Å². The number of methoxy groups -OCH3 is 1. The van der Waals surface area contributed by atoms with E-state index >= 15 is 0 Å². The first-order chi connectivity index (χ1) is 10.0. The minimum atomic E-state index is -0.454. The van der Waals surface area contributed by atoms with E-state index < -0.39 is 5.82 Å². The molecule has 0 radical (unpaired) electrons. The van der Waals surface area contributed by atoms with E-state index in [2.05, 4.69) is 15.4 Å². The summed E-state index contributed by atoms with van der Waals surface area (Å²) in [5.41, 5.74) is 0.280. The van der Waals surface area contributed by atoms with Crippen molar-refractivity contribution in [3.05, 3.63) is 29.0 Å². The zero-order valence-corrected chi connectivity index (χ0v) is 13.3. The van der Waals surface area contributed by atoms with Gasteiger partial charge in [-0.2, -0.15) is 0 Å². The van der Waals surface area contributed by atoms with Crippen molar-refractivity contribution in [1.29, 1.82) is 0 Å². The van der Waals surface area contributed by atoms with E-state index in [9.17, 15) is 9.18 Å². The van der Waals surface area contributed by atoms with Crippen molar-refractivity contribution in [1.82, 2.24) is 5.32 Å². The molecule has 0 heterocycles. The van der Waals surface area contributed by atoms with Crippen molar-refractivity contribution in [2.45, 2.75) is 25.7 Å². The Hall–Kier alpha value is -1.40. The highest BCUT2D eigenvalue weighted by molar-refractivity contribution is 7.80. The molecule has 0 spiro atoms. The number of hydrogen-bond donors (Lipinski definition) is 2. The van der Waals surface area contributed by atoms with Crippen molar-refractivity contribution in [2.75, 3.05) is 19.0 Å². The lowest BCUT2D eigenvalue weighted by Gasteiger charge is -2.11. The SMILES string of the molecule is COC(=O)CCCCCNC(=S)Nc1ccc(Cl)cc1F. The second-order valence-electron chi connectivity index (χ2n) is 4.39. The number of esters is 1. The number of thiocarbonyl (C=S) groups is 1. The maximum Gasteiger partial charge on any atom is 0.305 e. The number of benzene rings is 1. The molecule has 116 valence electrons. The summed E-state index contributed by atoms with van der Waals surface area (Å²) in [6, 6.07) is 4.34. The lowest BCUT2D eigenvalue weighted by Crippen LogP contribution is -2.29. The predicted molar refractivity (Wildman–Crippen MR) is 86.1 cm³/mol. The van der Waals surface area contributed by atoms with E-state index in [1.54, 1.807) is 6.07 Å². The molecule has 0 atom stereocenters. The minimum Gasteiger partial charge on any atom is -0.469 e. The molecule has 0 aliphatic heterocycles. The van der Waals surface area contributed by atoms with Crippen LogP contribution in [0.3, 0.4) is 0 Å². The average Bonchev–Trinajstić information content (AvgIpc) is 2.45. The third-order valence-electron chi connectivity index (χ3n) is 2.75. The molecule has 0 saturated carbocycles. The molecule has 0 fully saturated rings.